The molecule has 0 bridgehead atoms. The molecule has 0 radical (unpaired) electrons. The lowest BCUT2D eigenvalue weighted by molar-refractivity contribution is -0.131. The highest BCUT2D eigenvalue weighted by Gasteiger charge is 2.23. The van der Waals surface area contributed by atoms with Crippen LogP contribution in [-0.2, 0) is 11.2 Å². The maximum atomic E-state index is 14.0. The smallest absolute Gasteiger partial charge is 0.222 e. The maximum absolute atomic E-state index is 14.0. The van der Waals surface area contributed by atoms with Gasteiger partial charge >= 0.3 is 0 Å². The molecule has 1 amide bonds. The summed E-state index contributed by atoms with van der Waals surface area (Å²) in [5.41, 5.74) is 2.11. The van der Waals surface area contributed by atoms with Gasteiger partial charge in [-0.2, -0.15) is 11.8 Å². The van der Waals surface area contributed by atoms with Crippen molar-refractivity contribution in [2.24, 2.45) is 0 Å². The van der Waals surface area contributed by atoms with Crippen LogP contribution in [0.1, 0.15) is 42.1 Å². The van der Waals surface area contributed by atoms with Crippen molar-refractivity contribution in [2.75, 3.05) is 18.8 Å². The van der Waals surface area contributed by atoms with Crippen molar-refractivity contribution in [3.05, 3.63) is 71.5 Å². The highest BCUT2D eigenvalue weighted by molar-refractivity contribution is 7.99. The number of halogens is 1. The third kappa shape index (κ3) is 5.34. The molecule has 1 unspecified atom stereocenters. The van der Waals surface area contributed by atoms with Crippen molar-refractivity contribution >= 4 is 17.7 Å². The third-order valence-electron chi connectivity index (χ3n) is 4.90. The van der Waals surface area contributed by atoms with Gasteiger partial charge in [-0.3, -0.25) is 4.79 Å². The summed E-state index contributed by atoms with van der Waals surface area (Å²) in [5.74, 6) is 0.980. The highest BCUT2D eigenvalue weighted by Crippen LogP contribution is 2.35. The lowest BCUT2D eigenvalue weighted by Gasteiger charge is -2.20. The molecule has 0 spiro atoms. The van der Waals surface area contributed by atoms with Gasteiger partial charge in [0.15, 0.2) is 0 Å². The lowest BCUT2D eigenvalue weighted by Crippen LogP contribution is -2.32. The van der Waals surface area contributed by atoms with E-state index in [0.29, 0.717) is 6.42 Å². The van der Waals surface area contributed by atoms with E-state index in [1.807, 2.05) is 23.1 Å². The minimum Gasteiger partial charge on any atom is -0.342 e. The Labute approximate surface area is 159 Å². The summed E-state index contributed by atoms with van der Waals surface area (Å²) in [6, 6.07) is 17.4. The molecule has 2 aromatic carbocycles. The summed E-state index contributed by atoms with van der Waals surface area (Å²) in [5, 5.41) is 0.145. The largest absolute Gasteiger partial charge is 0.342 e. The predicted molar refractivity (Wildman–Crippen MR) is 107 cm³/mol. The van der Waals surface area contributed by atoms with E-state index in [4.69, 9.17) is 0 Å². The molecule has 1 aliphatic heterocycles. The van der Waals surface area contributed by atoms with Gasteiger partial charge in [-0.1, -0.05) is 48.5 Å². The van der Waals surface area contributed by atoms with E-state index in [-0.39, 0.29) is 17.0 Å². The topological polar surface area (TPSA) is 20.3 Å². The molecule has 1 heterocycles. The second-order valence-corrected chi connectivity index (χ2v) is 8.05. The van der Waals surface area contributed by atoms with Gasteiger partial charge < -0.3 is 4.90 Å². The molecule has 138 valence electrons. The summed E-state index contributed by atoms with van der Waals surface area (Å²) in [4.78, 5) is 14.5. The van der Waals surface area contributed by atoms with Crippen LogP contribution in [0.5, 0.6) is 0 Å². The summed E-state index contributed by atoms with van der Waals surface area (Å²) in [6.45, 7) is 1.50. The summed E-state index contributed by atoms with van der Waals surface area (Å²) in [7, 11) is 0. The number of hydrogen-bond acceptors (Lipinski definition) is 2. The van der Waals surface area contributed by atoms with Crippen LogP contribution in [0, 0.1) is 5.82 Å². The first kappa shape index (κ1) is 19.0. The average molecular weight is 372 g/mol. The second-order valence-electron chi connectivity index (χ2n) is 6.74. The second kappa shape index (κ2) is 9.77. The van der Waals surface area contributed by atoms with Crippen LogP contribution in [0.4, 0.5) is 4.39 Å². The zero-order valence-electron chi connectivity index (χ0n) is 15.1. The van der Waals surface area contributed by atoms with Gasteiger partial charge in [-0.15, -0.1) is 0 Å². The van der Waals surface area contributed by atoms with Gasteiger partial charge in [0, 0.05) is 36.1 Å². The van der Waals surface area contributed by atoms with Gasteiger partial charge in [0.2, 0.25) is 5.91 Å². The van der Waals surface area contributed by atoms with Crippen LogP contribution in [0.2, 0.25) is 0 Å². The van der Waals surface area contributed by atoms with E-state index < -0.39 is 0 Å². The van der Waals surface area contributed by atoms with Crippen LogP contribution in [0.15, 0.2) is 54.6 Å². The fourth-order valence-electron chi connectivity index (χ4n) is 3.41. The number of nitrogens with zero attached hydrogens (tertiary/aromatic N) is 1. The van der Waals surface area contributed by atoms with Crippen molar-refractivity contribution in [1.29, 1.82) is 0 Å². The molecule has 3 rings (SSSR count). The number of thioether (sulfide) groups is 1. The summed E-state index contributed by atoms with van der Waals surface area (Å²) in [6.07, 6.45) is 4.42. The predicted octanol–water partition coefficient (Wildman–Crippen LogP) is 5.25. The van der Waals surface area contributed by atoms with Gasteiger partial charge in [0.1, 0.15) is 5.82 Å². The molecule has 1 aliphatic rings. The van der Waals surface area contributed by atoms with Crippen molar-refractivity contribution in [1.82, 2.24) is 4.90 Å². The summed E-state index contributed by atoms with van der Waals surface area (Å²) < 4.78 is 14.0. The van der Waals surface area contributed by atoms with E-state index in [9.17, 15) is 9.18 Å². The number of hydrogen-bond donors (Lipinski definition) is 0. The van der Waals surface area contributed by atoms with Crippen molar-refractivity contribution < 1.29 is 9.18 Å². The lowest BCUT2D eigenvalue weighted by atomic mass is 10.1. The van der Waals surface area contributed by atoms with E-state index in [2.05, 4.69) is 24.3 Å². The monoisotopic (exact) mass is 371 g/mol. The third-order valence-corrected chi connectivity index (χ3v) is 6.21. The Hall–Kier alpha value is -1.81. The Balaban J connectivity index is 1.43. The van der Waals surface area contributed by atoms with E-state index in [0.717, 1.165) is 50.1 Å². The van der Waals surface area contributed by atoms with Gasteiger partial charge in [0.05, 0.1) is 0 Å². The molecule has 0 N–H and O–H groups in total. The molecule has 26 heavy (non-hydrogen) atoms. The number of unbranched alkanes of at least 4 members (excludes halogenated alkanes) is 1. The van der Waals surface area contributed by atoms with E-state index in [1.165, 1.54) is 11.6 Å². The van der Waals surface area contributed by atoms with Crippen LogP contribution in [0.3, 0.4) is 0 Å². The van der Waals surface area contributed by atoms with E-state index in [1.54, 1.807) is 17.8 Å². The minimum atomic E-state index is -0.134. The zero-order valence-corrected chi connectivity index (χ0v) is 15.9. The van der Waals surface area contributed by atoms with Crippen LogP contribution >= 0.6 is 11.8 Å². The van der Waals surface area contributed by atoms with Crippen molar-refractivity contribution in [3.8, 4) is 0 Å². The number of amides is 1. The molecule has 1 atom stereocenters. The Morgan fingerprint density at radius 2 is 1.81 bits per heavy atom. The number of carbonyl (C=O) groups is 1. The van der Waals surface area contributed by atoms with Gasteiger partial charge in [0.25, 0.3) is 0 Å². The molecule has 2 aromatic rings. The highest BCUT2D eigenvalue weighted by atomic mass is 32.2. The Kier molecular flexibility index (Phi) is 7.13. The van der Waals surface area contributed by atoms with Gasteiger partial charge in [-0.05, 0) is 37.3 Å². The van der Waals surface area contributed by atoms with Crippen LogP contribution < -0.4 is 0 Å². The Morgan fingerprint density at radius 1 is 1.04 bits per heavy atom. The SMILES string of the molecule is O=C(CCCCc1ccccc1)N1CCSC(c2ccccc2F)CC1. The maximum Gasteiger partial charge on any atom is 0.222 e. The Bertz CT molecular complexity index is 706. The molecule has 0 saturated carbocycles. The first-order chi connectivity index (χ1) is 12.7. The van der Waals surface area contributed by atoms with Crippen molar-refractivity contribution in [2.45, 2.75) is 37.4 Å². The van der Waals surface area contributed by atoms with Crippen LogP contribution in [-0.4, -0.2) is 29.6 Å². The molecule has 4 heteroatoms. The number of carbonyl (C=O) groups excluding carboxylic acids is 1. The first-order valence-corrected chi connectivity index (χ1v) is 10.5. The minimum absolute atomic E-state index is 0.134. The molecular weight excluding hydrogens is 345 g/mol. The molecule has 1 saturated heterocycles. The van der Waals surface area contributed by atoms with Gasteiger partial charge in [-0.25, -0.2) is 4.39 Å². The fourth-order valence-corrected chi connectivity index (χ4v) is 4.67. The molecule has 0 aromatic heterocycles. The van der Waals surface area contributed by atoms with E-state index >= 15 is 0 Å². The fraction of sp³-hybridized carbons (Fsp3) is 0.409. The zero-order chi connectivity index (χ0) is 18.2. The quantitative estimate of drug-likeness (QED) is 0.647. The Morgan fingerprint density at radius 3 is 2.62 bits per heavy atom. The number of benzene rings is 2. The first-order valence-electron chi connectivity index (χ1n) is 9.42. The van der Waals surface area contributed by atoms with Crippen LogP contribution in [0.25, 0.3) is 0 Å². The normalized spacial score (nSPS) is 17.7. The standard InChI is InChI=1S/C22H26FNOS/c23-20-12-6-5-11-19(20)21-14-15-24(16-17-26-21)22(25)13-7-4-10-18-8-2-1-3-9-18/h1-3,5-6,8-9,11-12,21H,4,7,10,13-17H2. The number of aryl methyl sites for hydroxylation is 1. The molecule has 2 nitrogen and oxygen atoms in total. The number of rotatable bonds is 6. The molecular formula is C22H26FNOS. The average Bonchev–Trinajstić information content (AvgIpc) is 2.92. The molecule has 0 aliphatic carbocycles. The molecule has 1 fully saturated rings. The summed E-state index contributed by atoms with van der Waals surface area (Å²) >= 11 is 1.76. The van der Waals surface area contributed by atoms with Crippen molar-refractivity contribution in [3.63, 3.8) is 0 Å².